The van der Waals surface area contributed by atoms with Crippen molar-refractivity contribution in [2.45, 2.75) is 20.8 Å². The quantitative estimate of drug-likeness (QED) is 0.612. The first-order chi connectivity index (χ1) is 6.63. The van der Waals surface area contributed by atoms with Crippen LogP contribution in [0, 0.1) is 5.92 Å². The highest BCUT2D eigenvalue weighted by Gasteiger charge is 2.12. The van der Waals surface area contributed by atoms with E-state index < -0.39 is 0 Å². The SMILES string of the molecule is CCOC(=O)CN(CC)CC(C)CO. The number of aliphatic hydroxyl groups excluding tert-OH is 1. The Morgan fingerprint density at radius 3 is 2.57 bits per heavy atom. The van der Waals surface area contributed by atoms with Gasteiger partial charge < -0.3 is 9.84 Å². The predicted molar refractivity (Wildman–Crippen MR) is 55.0 cm³/mol. The average Bonchev–Trinajstić information content (AvgIpc) is 2.16. The van der Waals surface area contributed by atoms with Crippen molar-refractivity contribution in [3.05, 3.63) is 0 Å². The highest BCUT2D eigenvalue weighted by atomic mass is 16.5. The van der Waals surface area contributed by atoms with Gasteiger partial charge in [-0.1, -0.05) is 13.8 Å². The molecule has 0 saturated heterocycles. The van der Waals surface area contributed by atoms with Gasteiger partial charge in [0.25, 0.3) is 0 Å². The first kappa shape index (κ1) is 13.4. The van der Waals surface area contributed by atoms with Crippen LogP contribution in [0.5, 0.6) is 0 Å². The zero-order valence-corrected chi connectivity index (χ0v) is 9.32. The number of hydrogen-bond acceptors (Lipinski definition) is 4. The Kier molecular flexibility index (Phi) is 7.42. The van der Waals surface area contributed by atoms with E-state index in [-0.39, 0.29) is 18.5 Å². The van der Waals surface area contributed by atoms with Crippen LogP contribution in [0.15, 0.2) is 0 Å². The molecule has 0 rings (SSSR count). The standard InChI is InChI=1S/C10H21NO3/c1-4-11(6-9(3)8-12)7-10(13)14-5-2/h9,12H,4-8H2,1-3H3. The van der Waals surface area contributed by atoms with Crippen LogP contribution < -0.4 is 0 Å². The Morgan fingerprint density at radius 1 is 1.50 bits per heavy atom. The minimum Gasteiger partial charge on any atom is -0.465 e. The molecule has 1 atom stereocenters. The molecular weight excluding hydrogens is 182 g/mol. The minimum absolute atomic E-state index is 0.152. The summed E-state index contributed by atoms with van der Waals surface area (Å²) < 4.78 is 4.85. The van der Waals surface area contributed by atoms with Gasteiger partial charge in [0.05, 0.1) is 13.2 Å². The summed E-state index contributed by atoms with van der Waals surface area (Å²) in [7, 11) is 0. The predicted octanol–water partition coefficient (Wildman–Crippen LogP) is 0.500. The van der Waals surface area contributed by atoms with Crippen LogP contribution in [0.4, 0.5) is 0 Å². The zero-order chi connectivity index (χ0) is 11.0. The molecule has 0 amide bonds. The molecule has 84 valence electrons. The number of carbonyl (C=O) groups is 1. The van der Waals surface area contributed by atoms with Gasteiger partial charge in [0.2, 0.25) is 0 Å². The molecular formula is C10H21NO3. The van der Waals surface area contributed by atoms with Gasteiger partial charge in [0, 0.05) is 13.2 Å². The first-order valence-corrected chi connectivity index (χ1v) is 5.12. The van der Waals surface area contributed by atoms with E-state index in [1.165, 1.54) is 0 Å². The highest BCUT2D eigenvalue weighted by molar-refractivity contribution is 5.71. The molecule has 0 aromatic carbocycles. The minimum atomic E-state index is -0.195. The zero-order valence-electron chi connectivity index (χ0n) is 9.32. The van der Waals surface area contributed by atoms with E-state index in [9.17, 15) is 4.79 Å². The van der Waals surface area contributed by atoms with Crippen LogP contribution in [0.1, 0.15) is 20.8 Å². The molecule has 0 aliphatic carbocycles. The van der Waals surface area contributed by atoms with E-state index in [4.69, 9.17) is 9.84 Å². The molecule has 1 N–H and O–H groups in total. The second-order valence-electron chi connectivity index (χ2n) is 3.42. The molecule has 0 aromatic heterocycles. The number of ether oxygens (including phenoxy) is 1. The average molecular weight is 203 g/mol. The van der Waals surface area contributed by atoms with Crippen molar-refractivity contribution in [1.82, 2.24) is 4.90 Å². The summed E-state index contributed by atoms with van der Waals surface area (Å²) in [5.41, 5.74) is 0. The fourth-order valence-corrected chi connectivity index (χ4v) is 1.19. The van der Waals surface area contributed by atoms with E-state index in [1.807, 2.05) is 18.7 Å². The summed E-state index contributed by atoms with van der Waals surface area (Å²) in [5.74, 6) is 0.00358. The molecule has 0 aliphatic rings. The van der Waals surface area contributed by atoms with Crippen molar-refractivity contribution in [2.24, 2.45) is 5.92 Å². The highest BCUT2D eigenvalue weighted by Crippen LogP contribution is 1.99. The number of nitrogens with zero attached hydrogens (tertiary/aromatic N) is 1. The van der Waals surface area contributed by atoms with Gasteiger partial charge in [0.1, 0.15) is 0 Å². The van der Waals surface area contributed by atoms with Crippen molar-refractivity contribution in [1.29, 1.82) is 0 Å². The smallest absolute Gasteiger partial charge is 0.320 e. The number of esters is 1. The molecule has 0 bridgehead atoms. The van der Waals surface area contributed by atoms with Crippen molar-refractivity contribution in [2.75, 3.05) is 32.8 Å². The number of likely N-dealkylation sites (N-methyl/N-ethyl adjacent to an activating group) is 1. The molecule has 1 unspecified atom stereocenters. The van der Waals surface area contributed by atoms with Crippen molar-refractivity contribution in [3.63, 3.8) is 0 Å². The van der Waals surface area contributed by atoms with Crippen LogP contribution in [-0.4, -0.2) is 48.8 Å². The van der Waals surface area contributed by atoms with Crippen LogP contribution in [0.3, 0.4) is 0 Å². The third-order valence-corrected chi connectivity index (χ3v) is 1.99. The van der Waals surface area contributed by atoms with Gasteiger partial charge in [-0.2, -0.15) is 0 Å². The molecule has 0 saturated carbocycles. The van der Waals surface area contributed by atoms with Gasteiger partial charge >= 0.3 is 5.97 Å². The third kappa shape index (κ3) is 5.94. The maximum absolute atomic E-state index is 11.2. The monoisotopic (exact) mass is 203 g/mol. The Hall–Kier alpha value is -0.610. The second kappa shape index (κ2) is 7.76. The Bertz CT molecular complexity index is 161. The normalized spacial score (nSPS) is 12.9. The van der Waals surface area contributed by atoms with E-state index >= 15 is 0 Å². The van der Waals surface area contributed by atoms with Gasteiger partial charge in [-0.15, -0.1) is 0 Å². The maximum atomic E-state index is 11.2. The molecule has 0 radical (unpaired) electrons. The summed E-state index contributed by atoms with van der Waals surface area (Å²) in [4.78, 5) is 13.1. The Balaban J connectivity index is 3.83. The lowest BCUT2D eigenvalue weighted by atomic mass is 10.2. The Labute approximate surface area is 85.9 Å². The van der Waals surface area contributed by atoms with Crippen molar-refractivity contribution >= 4 is 5.97 Å². The largest absolute Gasteiger partial charge is 0.465 e. The molecule has 0 spiro atoms. The summed E-state index contributed by atoms with van der Waals surface area (Å²) in [5, 5.41) is 8.87. The van der Waals surface area contributed by atoms with Crippen molar-refractivity contribution in [3.8, 4) is 0 Å². The van der Waals surface area contributed by atoms with Crippen LogP contribution in [-0.2, 0) is 9.53 Å². The first-order valence-electron chi connectivity index (χ1n) is 5.12. The number of rotatable bonds is 7. The third-order valence-electron chi connectivity index (χ3n) is 1.99. The van der Waals surface area contributed by atoms with Crippen molar-refractivity contribution < 1.29 is 14.6 Å². The van der Waals surface area contributed by atoms with Gasteiger partial charge in [-0.05, 0) is 19.4 Å². The lowest BCUT2D eigenvalue weighted by Gasteiger charge is -2.21. The molecule has 4 nitrogen and oxygen atoms in total. The molecule has 4 heteroatoms. The van der Waals surface area contributed by atoms with Gasteiger partial charge in [0.15, 0.2) is 0 Å². The van der Waals surface area contributed by atoms with Crippen LogP contribution in [0.25, 0.3) is 0 Å². The topological polar surface area (TPSA) is 49.8 Å². The lowest BCUT2D eigenvalue weighted by Crippen LogP contribution is -2.35. The number of hydrogen-bond donors (Lipinski definition) is 1. The molecule has 14 heavy (non-hydrogen) atoms. The van der Waals surface area contributed by atoms with Crippen LogP contribution >= 0.6 is 0 Å². The Morgan fingerprint density at radius 2 is 2.14 bits per heavy atom. The number of aliphatic hydroxyl groups is 1. The van der Waals surface area contributed by atoms with E-state index in [0.29, 0.717) is 13.2 Å². The fraction of sp³-hybridized carbons (Fsp3) is 0.900. The van der Waals surface area contributed by atoms with E-state index in [0.717, 1.165) is 13.1 Å². The van der Waals surface area contributed by atoms with Crippen LogP contribution in [0.2, 0.25) is 0 Å². The summed E-state index contributed by atoms with van der Waals surface area (Å²) in [6.07, 6.45) is 0. The second-order valence-corrected chi connectivity index (χ2v) is 3.42. The molecule has 0 heterocycles. The van der Waals surface area contributed by atoms with Gasteiger partial charge in [-0.25, -0.2) is 0 Å². The number of carbonyl (C=O) groups excluding carboxylic acids is 1. The van der Waals surface area contributed by atoms with E-state index in [1.54, 1.807) is 6.92 Å². The molecule has 0 fully saturated rings. The maximum Gasteiger partial charge on any atom is 0.320 e. The van der Waals surface area contributed by atoms with E-state index in [2.05, 4.69) is 0 Å². The van der Waals surface area contributed by atoms with Gasteiger partial charge in [-0.3, -0.25) is 9.69 Å². The summed E-state index contributed by atoms with van der Waals surface area (Å²) >= 11 is 0. The molecule has 0 aliphatic heterocycles. The molecule has 0 aromatic rings. The fourth-order valence-electron chi connectivity index (χ4n) is 1.19. The lowest BCUT2D eigenvalue weighted by molar-refractivity contribution is -0.144. The summed E-state index contributed by atoms with van der Waals surface area (Å²) in [6.45, 7) is 8.15. The summed E-state index contributed by atoms with van der Waals surface area (Å²) in [6, 6.07) is 0.